The van der Waals surface area contributed by atoms with Crippen molar-refractivity contribution in [2.75, 3.05) is 0 Å². The predicted molar refractivity (Wildman–Crippen MR) is 77.6 cm³/mol. The van der Waals surface area contributed by atoms with Gasteiger partial charge in [-0.15, -0.1) is 0 Å². The average Bonchev–Trinajstić information content (AvgIpc) is 2.42. The number of carbonyl (C=O) groups excluding carboxylic acids is 2. The van der Waals surface area contributed by atoms with Crippen LogP contribution in [0.1, 0.15) is 30.6 Å². The van der Waals surface area contributed by atoms with Gasteiger partial charge in [0.05, 0.1) is 4.92 Å². The van der Waals surface area contributed by atoms with Crippen molar-refractivity contribution >= 4 is 17.5 Å². The Labute approximate surface area is 122 Å². The van der Waals surface area contributed by atoms with Crippen LogP contribution in [0.25, 0.3) is 0 Å². The quantitative estimate of drug-likeness (QED) is 0.469. The van der Waals surface area contributed by atoms with Crippen LogP contribution in [-0.4, -0.2) is 22.8 Å². The Kier molecular flexibility index (Phi) is 5.59. The first-order chi connectivity index (χ1) is 9.81. The van der Waals surface area contributed by atoms with Crippen molar-refractivity contribution in [3.63, 3.8) is 0 Å². The molecule has 0 heterocycles. The number of amides is 2. The first-order valence-electron chi connectivity index (χ1n) is 6.29. The minimum atomic E-state index is -0.855. The molecule has 7 heteroatoms. The Morgan fingerprint density at radius 2 is 2.10 bits per heavy atom. The van der Waals surface area contributed by atoms with Gasteiger partial charge in [-0.3, -0.25) is 19.7 Å². The highest BCUT2D eigenvalue weighted by Gasteiger charge is 2.19. The van der Waals surface area contributed by atoms with Crippen molar-refractivity contribution < 1.29 is 14.5 Å². The van der Waals surface area contributed by atoms with Crippen molar-refractivity contribution in [1.82, 2.24) is 5.32 Å². The number of rotatable bonds is 6. The fourth-order valence-electron chi connectivity index (χ4n) is 1.60. The van der Waals surface area contributed by atoms with Gasteiger partial charge in [0.25, 0.3) is 11.6 Å². The second kappa shape index (κ2) is 7.18. The maximum absolute atomic E-state index is 12.0. The molecule has 0 aromatic heterocycles. The number of hydrogen-bond acceptors (Lipinski definition) is 4. The van der Waals surface area contributed by atoms with E-state index in [1.807, 2.05) is 13.8 Å². The van der Waals surface area contributed by atoms with Gasteiger partial charge in [-0.1, -0.05) is 17.7 Å². The first kappa shape index (κ1) is 16.4. The molecule has 0 unspecified atom stereocenters. The molecule has 7 nitrogen and oxygen atoms in total. The van der Waals surface area contributed by atoms with Gasteiger partial charge in [0.1, 0.15) is 6.04 Å². The first-order valence-corrected chi connectivity index (χ1v) is 6.29. The van der Waals surface area contributed by atoms with Gasteiger partial charge in [-0.05, 0) is 26.3 Å². The van der Waals surface area contributed by atoms with Crippen LogP contribution in [0.3, 0.4) is 0 Å². The standard InChI is InChI=1S/C14H17N3O4/c1-9(2)6-7-12(13(15)18)16-14(19)10-4-3-5-11(8-10)17(20)21/h3-6,8,12H,7H2,1-2H3,(H2,15,18)(H,16,19)/t12-/m0/s1. The van der Waals surface area contributed by atoms with E-state index >= 15 is 0 Å². The number of nitro benzene ring substituents is 1. The largest absolute Gasteiger partial charge is 0.368 e. The zero-order valence-electron chi connectivity index (χ0n) is 11.8. The molecule has 1 rings (SSSR count). The van der Waals surface area contributed by atoms with Gasteiger partial charge in [-0.25, -0.2) is 0 Å². The van der Waals surface area contributed by atoms with Crippen LogP contribution >= 0.6 is 0 Å². The SMILES string of the molecule is CC(C)=CC[C@H](NC(=O)c1cccc([N+](=O)[O-])c1)C(N)=O. The number of nitrogens with one attached hydrogen (secondary N) is 1. The number of carbonyl (C=O) groups is 2. The normalized spacial score (nSPS) is 11.3. The van der Waals surface area contributed by atoms with E-state index in [0.717, 1.165) is 11.6 Å². The number of non-ortho nitro benzene ring substituents is 1. The van der Waals surface area contributed by atoms with E-state index in [0.29, 0.717) is 0 Å². The second-order valence-corrected chi connectivity index (χ2v) is 4.75. The number of nitrogens with two attached hydrogens (primary N) is 1. The summed E-state index contributed by atoms with van der Waals surface area (Å²) in [4.78, 5) is 33.4. The third kappa shape index (κ3) is 5.06. The van der Waals surface area contributed by atoms with Crippen LogP contribution in [-0.2, 0) is 4.79 Å². The fourth-order valence-corrected chi connectivity index (χ4v) is 1.60. The highest BCUT2D eigenvalue weighted by atomic mass is 16.6. The monoisotopic (exact) mass is 291 g/mol. The van der Waals surface area contributed by atoms with Crippen LogP contribution in [0.15, 0.2) is 35.9 Å². The highest BCUT2D eigenvalue weighted by Crippen LogP contribution is 2.13. The second-order valence-electron chi connectivity index (χ2n) is 4.75. The maximum Gasteiger partial charge on any atom is 0.270 e. The minimum absolute atomic E-state index is 0.104. The molecule has 0 fully saturated rings. The zero-order valence-corrected chi connectivity index (χ0v) is 11.8. The summed E-state index contributed by atoms with van der Waals surface area (Å²) in [5.74, 6) is -1.24. The molecule has 0 spiro atoms. The molecule has 2 amide bonds. The Bertz CT molecular complexity index is 592. The summed E-state index contributed by atoms with van der Waals surface area (Å²) >= 11 is 0. The molecule has 0 saturated heterocycles. The molecule has 0 aliphatic rings. The lowest BCUT2D eigenvalue weighted by Crippen LogP contribution is -2.44. The number of allylic oxidation sites excluding steroid dienone is 1. The van der Waals surface area contributed by atoms with E-state index in [4.69, 9.17) is 5.73 Å². The Hall–Kier alpha value is -2.70. The molecule has 112 valence electrons. The Morgan fingerprint density at radius 1 is 1.43 bits per heavy atom. The third-order valence-corrected chi connectivity index (χ3v) is 2.73. The molecule has 0 saturated carbocycles. The van der Waals surface area contributed by atoms with Crippen LogP contribution in [0, 0.1) is 10.1 Å². The summed E-state index contributed by atoms with van der Waals surface area (Å²) in [6.07, 6.45) is 2.06. The average molecular weight is 291 g/mol. The van der Waals surface area contributed by atoms with E-state index in [-0.39, 0.29) is 17.7 Å². The molecule has 0 aliphatic carbocycles. The summed E-state index contributed by atoms with van der Waals surface area (Å²) in [6.45, 7) is 3.72. The molecule has 0 aliphatic heterocycles. The Morgan fingerprint density at radius 3 is 2.62 bits per heavy atom. The van der Waals surface area contributed by atoms with Crippen LogP contribution in [0.4, 0.5) is 5.69 Å². The van der Waals surface area contributed by atoms with Crippen molar-refractivity contribution in [2.24, 2.45) is 5.73 Å². The molecular formula is C14H17N3O4. The summed E-state index contributed by atoms with van der Waals surface area (Å²) in [5.41, 5.74) is 6.14. The van der Waals surface area contributed by atoms with Gasteiger partial charge in [0.15, 0.2) is 0 Å². The molecule has 21 heavy (non-hydrogen) atoms. The number of primary amides is 1. The van der Waals surface area contributed by atoms with Gasteiger partial charge < -0.3 is 11.1 Å². The summed E-state index contributed by atoms with van der Waals surface area (Å²) < 4.78 is 0. The van der Waals surface area contributed by atoms with E-state index in [1.165, 1.54) is 18.2 Å². The molecular weight excluding hydrogens is 274 g/mol. The van der Waals surface area contributed by atoms with Crippen LogP contribution < -0.4 is 11.1 Å². The van der Waals surface area contributed by atoms with Crippen molar-refractivity contribution in [2.45, 2.75) is 26.3 Å². The fraction of sp³-hybridized carbons (Fsp3) is 0.286. The van der Waals surface area contributed by atoms with Gasteiger partial charge in [0, 0.05) is 17.7 Å². The van der Waals surface area contributed by atoms with E-state index in [2.05, 4.69) is 5.32 Å². The van der Waals surface area contributed by atoms with E-state index in [1.54, 1.807) is 6.08 Å². The minimum Gasteiger partial charge on any atom is -0.368 e. The van der Waals surface area contributed by atoms with Gasteiger partial charge in [0.2, 0.25) is 5.91 Å². The third-order valence-electron chi connectivity index (χ3n) is 2.73. The van der Waals surface area contributed by atoms with E-state index in [9.17, 15) is 19.7 Å². The molecule has 0 radical (unpaired) electrons. The summed E-state index contributed by atoms with van der Waals surface area (Å²) in [5, 5.41) is 13.1. The topological polar surface area (TPSA) is 115 Å². The summed E-state index contributed by atoms with van der Waals surface area (Å²) in [7, 11) is 0. The molecule has 0 bridgehead atoms. The smallest absolute Gasteiger partial charge is 0.270 e. The number of nitrogens with zero attached hydrogens (tertiary/aromatic N) is 1. The van der Waals surface area contributed by atoms with E-state index < -0.39 is 22.8 Å². The predicted octanol–water partition coefficient (Wildman–Crippen LogP) is 1.53. The number of nitro groups is 1. The number of benzene rings is 1. The van der Waals surface area contributed by atoms with Gasteiger partial charge in [-0.2, -0.15) is 0 Å². The molecule has 1 aromatic carbocycles. The van der Waals surface area contributed by atoms with Crippen LogP contribution in [0.2, 0.25) is 0 Å². The number of hydrogen-bond donors (Lipinski definition) is 2. The van der Waals surface area contributed by atoms with Gasteiger partial charge >= 0.3 is 0 Å². The Balaban J connectivity index is 2.87. The van der Waals surface area contributed by atoms with Crippen LogP contribution in [0.5, 0.6) is 0 Å². The highest BCUT2D eigenvalue weighted by molar-refractivity contribution is 5.97. The lowest BCUT2D eigenvalue weighted by Gasteiger charge is -2.14. The maximum atomic E-state index is 12.0. The zero-order chi connectivity index (χ0) is 16.0. The molecule has 1 atom stereocenters. The summed E-state index contributed by atoms with van der Waals surface area (Å²) in [6, 6.07) is 4.41. The molecule has 1 aromatic rings. The van der Waals surface area contributed by atoms with Crippen molar-refractivity contribution in [3.8, 4) is 0 Å². The van der Waals surface area contributed by atoms with Crippen molar-refractivity contribution in [3.05, 3.63) is 51.6 Å². The van der Waals surface area contributed by atoms with Crippen molar-refractivity contribution in [1.29, 1.82) is 0 Å². The lowest BCUT2D eigenvalue weighted by molar-refractivity contribution is -0.384. The lowest BCUT2D eigenvalue weighted by atomic mass is 10.1. The molecule has 3 N–H and O–H groups in total.